The number of benzene rings is 1. The Morgan fingerprint density at radius 2 is 1.86 bits per heavy atom. The molecule has 5 heteroatoms. The third-order valence-corrected chi connectivity index (χ3v) is 1.70. The SMILES string of the molecule is Cc1ccc([N+](=O)[O-])cc1C.O=CO. The number of hydrogen-bond acceptors (Lipinski definition) is 3. The number of nitrogens with zero attached hydrogens (tertiary/aromatic N) is 1. The van der Waals surface area contributed by atoms with E-state index in [0.29, 0.717) is 0 Å². The van der Waals surface area contributed by atoms with Crippen LogP contribution in [-0.2, 0) is 4.79 Å². The smallest absolute Gasteiger partial charge is 0.290 e. The number of hydrogen-bond donors (Lipinski definition) is 1. The van der Waals surface area contributed by atoms with Gasteiger partial charge in [0.1, 0.15) is 0 Å². The van der Waals surface area contributed by atoms with E-state index in [0.717, 1.165) is 11.1 Å². The molecular formula is C9H11NO4. The zero-order valence-corrected chi connectivity index (χ0v) is 7.93. The van der Waals surface area contributed by atoms with Gasteiger partial charge in [-0.05, 0) is 25.0 Å². The van der Waals surface area contributed by atoms with E-state index < -0.39 is 0 Å². The van der Waals surface area contributed by atoms with Gasteiger partial charge in [0.15, 0.2) is 0 Å². The quantitative estimate of drug-likeness (QED) is 0.423. The predicted octanol–water partition coefficient (Wildman–Crippen LogP) is 1.91. The number of carboxylic acid groups (broad SMARTS) is 1. The average molecular weight is 197 g/mol. The van der Waals surface area contributed by atoms with E-state index in [-0.39, 0.29) is 17.1 Å². The van der Waals surface area contributed by atoms with E-state index >= 15 is 0 Å². The molecule has 0 bridgehead atoms. The summed E-state index contributed by atoms with van der Waals surface area (Å²) in [4.78, 5) is 18.2. The normalized spacial score (nSPS) is 8.43. The first-order chi connectivity index (χ1) is 6.52. The maximum atomic E-state index is 10.3. The molecule has 0 aliphatic heterocycles. The number of aryl methyl sites for hydroxylation is 2. The zero-order chi connectivity index (χ0) is 11.1. The molecule has 0 aromatic heterocycles. The lowest BCUT2D eigenvalue weighted by Crippen LogP contribution is -1.89. The second-order valence-electron chi connectivity index (χ2n) is 2.63. The second-order valence-corrected chi connectivity index (χ2v) is 2.63. The Bertz CT molecular complexity index is 336. The van der Waals surface area contributed by atoms with Crippen LogP contribution in [0.5, 0.6) is 0 Å². The van der Waals surface area contributed by atoms with Gasteiger partial charge in [-0.3, -0.25) is 14.9 Å². The molecule has 1 rings (SSSR count). The summed E-state index contributed by atoms with van der Waals surface area (Å²) in [7, 11) is 0. The first-order valence-electron chi connectivity index (χ1n) is 3.82. The minimum Gasteiger partial charge on any atom is -0.483 e. The Kier molecular flexibility index (Phi) is 4.91. The van der Waals surface area contributed by atoms with Crippen molar-refractivity contribution >= 4 is 12.2 Å². The third-order valence-electron chi connectivity index (χ3n) is 1.70. The predicted molar refractivity (Wildman–Crippen MR) is 51.3 cm³/mol. The molecule has 0 saturated heterocycles. The summed E-state index contributed by atoms with van der Waals surface area (Å²) >= 11 is 0. The lowest BCUT2D eigenvalue weighted by Gasteiger charge is -1.97. The molecule has 0 saturated carbocycles. The van der Waals surface area contributed by atoms with E-state index in [9.17, 15) is 10.1 Å². The summed E-state index contributed by atoms with van der Waals surface area (Å²) < 4.78 is 0. The van der Waals surface area contributed by atoms with Crippen molar-refractivity contribution in [1.82, 2.24) is 0 Å². The molecule has 76 valence electrons. The van der Waals surface area contributed by atoms with Crippen molar-refractivity contribution in [3.63, 3.8) is 0 Å². The van der Waals surface area contributed by atoms with Gasteiger partial charge in [-0.2, -0.15) is 0 Å². The number of nitro groups is 1. The van der Waals surface area contributed by atoms with Crippen LogP contribution in [-0.4, -0.2) is 16.5 Å². The third kappa shape index (κ3) is 3.66. The molecule has 0 radical (unpaired) electrons. The fourth-order valence-electron chi connectivity index (χ4n) is 0.839. The molecule has 1 N–H and O–H groups in total. The zero-order valence-electron chi connectivity index (χ0n) is 7.93. The van der Waals surface area contributed by atoms with Crippen LogP contribution in [0.4, 0.5) is 5.69 Å². The minimum atomic E-state index is -0.382. The van der Waals surface area contributed by atoms with Gasteiger partial charge in [-0.15, -0.1) is 0 Å². The Morgan fingerprint density at radius 1 is 1.36 bits per heavy atom. The Morgan fingerprint density at radius 3 is 2.21 bits per heavy atom. The van der Waals surface area contributed by atoms with Crippen LogP contribution < -0.4 is 0 Å². The molecule has 0 heterocycles. The molecule has 0 atom stereocenters. The summed E-state index contributed by atoms with van der Waals surface area (Å²) in [6.07, 6.45) is 0. The van der Waals surface area contributed by atoms with Crippen molar-refractivity contribution in [3.8, 4) is 0 Å². The highest BCUT2D eigenvalue weighted by Crippen LogP contribution is 2.15. The van der Waals surface area contributed by atoms with E-state index in [1.165, 1.54) is 6.07 Å². The second kappa shape index (κ2) is 5.69. The summed E-state index contributed by atoms with van der Waals surface area (Å²) in [5.41, 5.74) is 2.20. The molecule has 1 aromatic rings. The number of rotatable bonds is 1. The van der Waals surface area contributed by atoms with E-state index in [2.05, 4.69) is 0 Å². The molecule has 0 aliphatic rings. The number of non-ortho nitro benzene ring substituents is 1. The van der Waals surface area contributed by atoms with Crippen molar-refractivity contribution in [2.24, 2.45) is 0 Å². The van der Waals surface area contributed by atoms with Gasteiger partial charge in [-0.1, -0.05) is 6.07 Å². The number of carbonyl (C=O) groups is 1. The van der Waals surface area contributed by atoms with Crippen LogP contribution in [0.1, 0.15) is 11.1 Å². The standard InChI is InChI=1S/C8H9NO2.CH2O2/c1-6-3-4-8(9(10)11)5-7(6)2;2-1-3/h3-5H,1-2H3;1H,(H,2,3). The van der Waals surface area contributed by atoms with Gasteiger partial charge in [0.05, 0.1) is 4.92 Å². The Balaban J connectivity index is 0.000000500. The van der Waals surface area contributed by atoms with Crippen molar-refractivity contribution in [1.29, 1.82) is 0 Å². The Labute approximate surface area is 81.1 Å². The van der Waals surface area contributed by atoms with Crippen LogP contribution in [0.25, 0.3) is 0 Å². The molecule has 0 unspecified atom stereocenters. The summed E-state index contributed by atoms with van der Waals surface area (Å²) in [6.45, 7) is 3.54. The minimum absolute atomic E-state index is 0.160. The van der Waals surface area contributed by atoms with Crippen LogP contribution in [0, 0.1) is 24.0 Å². The van der Waals surface area contributed by atoms with Crippen molar-refractivity contribution < 1.29 is 14.8 Å². The van der Waals surface area contributed by atoms with Gasteiger partial charge in [0.2, 0.25) is 0 Å². The van der Waals surface area contributed by atoms with E-state index in [1.54, 1.807) is 12.1 Å². The topological polar surface area (TPSA) is 80.4 Å². The molecule has 0 fully saturated rings. The molecule has 5 nitrogen and oxygen atoms in total. The first kappa shape index (κ1) is 12.1. The first-order valence-corrected chi connectivity index (χ1v) is 3.82. The summed E-state index contributed by atoms with van der Waals surface area (Å²) in [5.74, 6) is 0. The Hall–Kier alpha value is -1.91. The van der Waals surface area contributed by atoms with Gasteiger partial charge in [-0.25, -0.2) is 0 Å². The van der Waals surface area contributed by atoms with E-state index in [4.69, 9.17) is 9.90 Å². The van der Waals surface area contributed by atoms with Gasteiger partial charge in [0, 0.05) is 12.1 Å². The maximum absolute atomic E-state index is 10.3. The van der Waals surface area contributed by atoms with Gasteiger partial charge < -0.3 is 5.11 Å². The molecule has 0 aliphatic carbocycles. The molecule has 0 spiro atoms. The highest BCUT2D eigenvalue weighted by atomic mass is 16.6. The highest BCUT2D eigenvalue weighted by molar-refractivity contribution is 5.38. The molecule has 1 aromatic carbocycles. The molecular weight excluding hydrogens is 186 g/mol. The van der Waals surface area contributed by atoms with Crippen LogP contribution in [0.2, 0.25) is 0 Å². The largest absolute Gasteiger partial charge is 0.483 e. The summed E-state index contributed by atoms with van der Waals surface area (Å²) in [6, 6.07) is 4.85. The lowest BCUT2D eigenvalue weighted by molar-refractivity contribution is -0.384. The maximum Gasteiger partial charge on any atom is 0.290 e. The van der Waals surface area contributed by atoms with E-state index in [1.807, 2.05) is 13.8 Å². The van der Waals surface area contributed by atoms with Crippen LogP contribution in [0.3, 0.4) is 0 Å². The van der Waals surface area contributed by atoms with Crippen molar-refractivity contribution in [3.05, 3.63) is 39.4 Å². The van der Waals surface area contributed by atoms with Crippen LogP contribution >= 0.6 is 0 Å². The fraction of sp³-hybridized carbons (Fsp3) is 0.222. The average Bonchev–Trinajstić information content (AvgIpc) is 2.10. The lowest BCUT2D eigenvalue weighted by atomic mass is 10.1. The summed E-state index contributed by atoms with van der Waals surface area (Å²) in [5, 5.41) is 17.2. The van der Waals surface area contributed by atoms with Gasteiger partial charge >= 0.3 is 0 Å². The van der Waals surface area contributed by atoms with Crippen molar-refractivity contribution in [2.45, 2.75) is 13.8 Å². The van der Waals surface area contributed by atoms with Gasteiger partial charge in [0.25, 0.3) is 12.2 Å². The number of nitro benzene ring substituents is 1. The van der Waals surface area contributed by atoms with Crippen molar-refractivity contribution in [2.75, 3.05) is 0 Å². The molecule has 14 heavy (non-hydrogen) atoms. The fourth-order valence-corrected chi connectivity index (χ4v) is 0.839. The molecule has 0 amide bonds. The highest BCUT2D eigenvalue weighted by Gasteiger charge is 2.04. The van der Waals surface area contributed by atoms with Crippen LogP contribution in [0.15, 0.2) is 18.2 Å². The monoisotopic (exact) mass is 197 g/mol.